The average molecular weight is 511 g/mol. The molecule has 0 atom stereocenters. The average Bonchev–Trinajstić information content (AvgIpc) is 3.12. The first kappa shape index (κ1) is 24.1. The van der Waals surface area contributed by atoms with Crippen LogP contribution in [0.3, 0.4) is 0 Å². The lowest BCUT2D eigenvalue weighted by Crippen LogP contribution is -2.38. The van der Waals surface area contributed by atoms with E-state index in [2.05, 4.69) is 25.5 Å². The number of guanidine groups is 1. The van der Waals surface area contributed by atoms with Crippen LogP contribution < -0.4 is 15.4 Å². The van der Waals surface area contributed by atoms with Crippen LogP contribution in [0.25, 0.3) is 0 Å². The molecule has 10 heteroatoms. The number of benzene rings is 1. The van der Waals surface area contributed by atoms with E-state index >= 15 is 0 Å². The van der Waals surface area contributed by atoms with Gasteiger partial charge in [-0.1, -0.05) is 12.1 Å². The highest BCUT2D eigenvalue weighted by molar-refractivity contribution is 14.0. The third-order valence-electron chi connectivity index (χ3n) is 3.58. The second-order valence-electron chi connectivity index (χ2n) is 5.75. The predicted molar refractivity (Wildman–Crippen MR) is 113 cm³/mol. The third kappa shape index (κ3) is 9.81. The van der Waals surface area contributed by atoms with Crippen molar-refractivity contribution in [3.63, 3.8) is 0 Å². The molecule has 0 aliphatic carbocycles. The fourth-order valence-corrected chi connectivity index (χ4v) is 2.38. The van der Waals surface area contributed by atoms with Gasteiger partial charge in [-0.2, -0.15) is 5.10 Å². The molecule has 0 aliphatic rings. The fourth-order valence-electron chi connectivity index (χ4n) is 2.38. The van der Waals surface area contributed by atoms with E-state index in [4.69, 9.17) is 0 Å². The second kappa shape index (κ2) is 12.5. The van der Waals surface area contributed by atoms with E-state index in [1.165, 1.54) is 12.1 Å². The highest BCUT2D eigenvalue weighted by Crippen LogP contribution is 2.22. The smallest absolute Gasteiger partial charge is 0.406 e. The van der Waals surface area contributed by atoms with Gasteiger partial charge in [0, 0.05) is 38.6 Å². The minimum atomic E-state index is -4.67. The summed E-state index contributed by atoms with van der Waals surface area (Å²) in [5.74, 6) is 0.501. The van der Waals surface area contributed by atoms with E-state index in [1.807, 2.05) is 23.9 Å². The standard InChI is InChI=1S/C18H24F3N5O.HI/c1-2-22-17(23-10-3-13-26-14-4-11-25-26)24-12-9-15-5-7-16(8-6-15)27-18(19,20)21;/h4-8,11,14H,2-3,9-10,12-13H2,1H3,(H2,22,23,24);1H. The van der Waals surface area contributed by atoms with E-state index in [1.54, 1.807) is 18.3 Å². The van der Waals surface area contributed by atoms with Crippen molar-refractivity contribution in [3.05, 3.63) is 48.3 Å². The molecule has 0 saturated carbocycles. The second-order valence-corrected chi connectivity index (χ2v) is 5.75. The molecule has 2 rings (SSSR count). The molecule has 0 fully saturated rings. The van der Waals surface area contributed by atoms with Gasteiger partial charge in [-0.25, -0.2) is 0 Å². The molecule has 0 bridgehead atoms. The van der Waals surface area contributed by atoms with Gasteiger partial charge in [0.2, 0.25) is 0 Å². The molecule has 6 nitrogen and oxygen atoms in total. The number of nitrogens with zero attached hydrogens (tertiary/aromatic N) is 3. The summed E-state index contributed by atoms with van der Waals surface area (Å²) in [7, 11) is 0. The number of aromatic nitrogens is 2. The quantitative estimate of drug-likeness (QED) is 0.234. The Morgan fingerprint density at radius 2 is 1.96 bits per heavy atom. The zero-order chi connectivity index (χ0) is 19.5. The first-order valence-electron chi connectivity index (χ1n) is 8.80. The van der Waals surface area contributed by atoms with Crippen LogP contribution in [0.4, 0.5) is 13.2 Å². The summed E-state index contributed by atoms with van der Waals surface area (Å²) >= 11 is 0. The van der Waals surface area contributed by atoms with Gasteiger partial charge in [-0.3, -0.25) is 9.67 Å². The summed E-state index contributed by atoms with van der Waals surface area (Å²) in [6.07, 6.45) is 0.523. The van der Waals surface area contributed by atoms with Crippen LogP contribution in [0.1, 0.15) is 18.9 Å². The van der Waals surface area contributed by atoms with Gasteiger partial charge in [0.15, 0.2) is 5.96 Å². The molecule has 1 aromatic heterocycles. The van der Waals surface area contributed by atoms with Gasteiger partial charge >= 0.3 is 6.36 Å². The van der Waals surface area contributed by atoms with Crippen LogP contribution in [-0.2, 0) is 13.0 Å². The third-order valence-corrected chi connectivity index (χ3v) is 3.58. The zero-order valence-corrected chi connectivity index (χ0v) is 17.9. The van der Waals surface area contributed by atoms with Crippen LogP contribution in [0.5, 0.6) is 5.75 Å². The van der Waals surface area contributed by atoms with Gasteiger partial charge in [0.1, 0.15) is 5.75 Å². The normalized spacial score (nSPS) is 11.6. The topological polar surface area (TPSA) is 63.5 Å². The number of hydrogen-bond donors (Lipinski definition) is 2. The maximum Gasteiger partial charge on any atom is 0.573 e. The maximum atomic E-state index is 12.2. The summed E-state index contributed by atoms with van der Waals surface area (Å²) in [6, 6.07) is 7.76. The van der Waals surface area contributed by atoms with Crippen LogP contribution in [0, 0.1) is 0 Å². The first-order valence-corrected chi connectivity index (χ1v) is 8.80. The summed E-state index contributed by atoms with van der Waals surface area (Å²) in [5, 5.41) is 10.5. The molecule has 0 unspecified atom stereocenters. The minimum absolute atomic E-state index is 0. The Labute approximate surface area is 179 Å². The van der Waals surface area contributed by atoms with Gasteiger partial charge in [0.05, 0.1) is 0 Å². The Morgan fingerprint density at radius 3 is 2.57 bits per heavy atom. The molecule has 0 spiro atoms. The number of alkyl halides is 3. The number of hydrogen-bond acceptors (Lipinski definition) is 3. The lowest BCUT2D eigenvalue weighted by Gasteiger charge is -2.12. The Morgan fingerprint density at radius 1 is 1.21 bits per heavy atom. The monoisotopic (exact) mass is 511 g/mol. The van der Waals surface area contributed by atoms with Crippen molar-refractivity contribution in [1.82, 2.24) is 20.4 Å². The van der Waals surface area contributed by atoms with Gasteiger partial charge in [-0.05, 0) is 43.5 Å². The van der Waals surface area contributed by atoms with E-state index in [-0.39, 0.29) is 29.7 Å². The van der Waals surface area contributed by atoms with Crippen molar-refractivity contribution < 1.29 is 17.9 Å². The highest BCUT2D eigenvalue weighted by atomic mass is 127. The summed E-state index contributed by atoms with van der Waals surface area (Å²) in [6.45, 7) is 4.82. The maximum absolute atomic E-state index is 12.2. The number of nitrogens with one attached hydrogen (secondary N) is 2. The Balaban J connectivity index is 0.00000392. The van der Waals surface area contributed by atoms with E-state index in [9.17, 15) is 13.2 Å². The Kier molecular flexibility index (Phi) is 10.7. The molecule has 28 heavy (non-hydrogen) atoms. The Bertz CT molecular complexity index is 690. The molecule has 0 radical (unpaired) electrons. The van der Waals surface area contributed by atoms with Crippen molar-refractivity contribution in [2.75, 3.05) is 19.6 Å². The van der Waals surface area contributed by atoms with Crippen LogP contribution in [0.15, 0.2) is 47.7 Å². The molecular weight excluding hydrogens is 486 g/mol. The Hall–Kier alpha value is -1.98. The number of aliphatic imine (C=N–C) groups is 1. The lowest BCUT2D eigenvalue weighted by molar-refractivity contribution is -0.274. The SMILES string of the molecule is CCNC(=NCCCn1cccn1)NCCc1ccc(OC(F)(F)F)cc1.I. The van der Waals surface area contributed by atoms with Crippen molar-refractivity contribution in [2.24, 2.45) is 4.99 Å². The molecule has 0 aliphatic heterocycles. The van der Waals surface area contributed by atoms with Gasteiger partial charge in [-0.15, -0.1) is 37.1 Å². The molecule has 0 amide bonds. The molecule has 156 valence electrons. The predicted octanol–water partition coefficient (Wildman–Crippen LogP) is 3.59. The first-order chi connectivity index (χ1) is 13.0. The summed E-state index contributed by atoms with van der Waals surface area (Å²) in [5.41, 5.74) is 0.909. The van der Waals surface area contributed by atoms with Gasteiger partial charge in [0.25, 0.3) is 0 Å². The van der Waals surface area contributed by atoms with Crippen LogP contribution in [0.2, 0.25) is 0 Å². The summed E-state index contributed by atoms with van der Waals surface area (Å²) in [4.78, 5) is 4.51. The number of ether oxygens (including phenoxy) is 1. The number of rotatable bonds is 9. The molecule has 0 saturated heterocycles. The lowest BCUT2D eigenvalue weighted by atomic mass is 10.1. The molecule has 2 aromatic rings. The minimum Gasteiger partial charge on any atom is -0.406 e. The van der Waals surface area contributed by atoms with Crippen LogP contribution >= 0.6 is 24.0 Å². The molecule has 1 aromatic carbocycles. The van der Waals surface area contributed by atoms with Crippen LogP contribution in [-0.4, -0.2) is 41.7 Å². The molecule has 2 N–H and O–H groups in total. The zero-order valence-electron chi connectivity index (χ0n) is 15.6. The van der Waals surface area contributed by atoms with Crippen molar-refractivity contribution >= 4 is 29.9 Å². The fraction of sp³-hybridized carbons (Fsp3) is 0.444. The van der Waals surface area contributed by atoms with E-state index < -0.39 is 6.36 Å². The molecular formula is C18H25F3IN5O. The van der Waals surface area contributed by atoms with Gasteiger partial charge < -0.3 is 15.4 Å². The molecule has 1 heterocycles. The number of aryl methyl sites for hydroxylation is 1. The highest BCUT2D eigenvalue weighted by Gasteiger charge is 2.30. The van der Waals surface area contributed by atoms with E-state index in [0.717, 1.165) is 31.0 Å². The summed E-state index contributed by atoms with van der Waals surface area (Å²) < 4.78 is 42.2. The largest absolute Gasteiger partial charge is 0.573 e. The van der Waals surface area contributed by atoms with E-state index in [0.29, 0.717) is 19.5 Å². The van der Waals surface area contributed by atoms with Crippen molar-refractivity contribution in [3.8, 4) is 5.75 Å². The number of halogens is 4. The van der Waals surface area contributed by atoms with Crippen molar-refractivity contribution in [2.45, 2.75) is 32.7 Å². The van der Waals surface area contributed by atoms with Crippen molar-refractivity contribution in [1.29, 1.82) is 0 Å².